The number of carbonyl (C=O) groups excluding carboxylic acids is 1. The topological polar surface area (TPSA) is 66.4 Å². The van der Waals surface area contributed by atoms with Gasteiger partial charge >= 0.3 is 5.97 Å². The number of rotatable bonds is 5. The quantitative estimate of drug-likeness (QED) is 0.814. The lowest BCUT2D eigenvalue weighted by Gasteiger charge is -2.23. The molecule has 114 valence electrons. The Morgan fingerprint density at radius 2 is 1.75 bits per heavy atom. The van der Waals surface area contributed by atoms with Crippen LogP contribution in [0.3, 0.4) is 0 Å². The third kappa shape index (κ3) is 3.74. The Morgan fingerprint density at radius 3 is 2.20 bits per heavy atom. The number of amides is 1. The number of hydrogen-bond donors (Lipinski definition) is 2. The maximum absolute atomic E-state index is 12.2. The molecule has 0 bridgehead atoms. The smallest absolute Gasteiger partial charge is 0.308 e. The van der Waals surface area contributed by atoms with Crippen LogP contribution >= 0.6 is 0 Å². The van der Waals surface area contributed by atoms with E-state index in [1.807, 2.05) is 20.8 Å². The molecule has 0 heterocycles. The van der Waals surface area contributed by atoms with Crippen molar-refractivity contribution >= 4 is 11.9 Å². The first-order valence-corrected chi connectivity index (χ1v) is 7.80. The zero-order valence-electron chi connectivity index (χ0n) is 12.8. The van der Waals surface area contributed by atoms with Crippen LogP contribution in [0.2, 0.25) is 0 Å². The van der Waals surface area contributed by atoms with E-state index in [0.717, 1.165) is 0 Å². The lowest BCUT2D eigenvalue weighted by molar-refractivity contribution is -0.142. The van der Waals surface area contributed by atoms with Crippen LogP contribution in [-0.4, -0.2) is 23.5 Å². The number of carboxylic acids is 1. The van der Waals surface area contributed by atoms with Crippen molar-refractivity contribution in [2.24, 2.45) is 29.1 Å². The Bertz CT molecular complexity index is 374. The fraction of sp³-hybridized carbons (Fsp3) is 0.875. The van der Waals surface area contributed by atoms with E-state index < -0.39 is 11.9 Å². The molecule has 0 aromatic carbocycles. The van der Waals surface area contributed by atoms with Gasteiger partial charge in [-0.3, -0.25) is 9.59 Å². The van der Waals surface area contributed by atoms with Crippen LogP contribution in [0.15, 0.2) is 0 Å². The van der Waals surface area contributed by atoms with Crippen LogP contribution in [0, 0.1) is 29.1 Å². The number of aliphatic carboxylic acids is 1. The van der Waals surface area contributed by atoms with E-state index in [2.05, 4.69) is 5.32 Å². The summed E-state index contributed by atoms with van der Waals surface area (Å²) >= 11 is 0. The Kier molecular flexibility index (Phi) is 4.40. The second-order valence-corrected chi connectivity index (χ2v) is 7.68. The van der Waals surface area contributed by atoms with Crippen LogP contribution in [0.25, 0.3) is 0 Å². The van der Waals surface area contributed by atoms with Crippen molar-refractivity contribution in [3.63, 3.8) is 0 Å². The molecule has 3 unspecified atom stereocenters. The van der Waals surface area contributed by atoms with Gasteiger partial charge in [0.2, 0.25) is 5.91 Å². The highest BCUT2D eigenvalue weighted by Crippen LogP contribution is 2.55. The molecule has 0 saturated heterocycles. The van der Waals surface area contributed by atoms with Gasteiger partial charge in [0.1, 0.15) is 0 Å². The van der Waals surface area contributed by atoms with Crippen molar-refractivity contribution in [2.45, 2.75) is 52.9 Å². The van der Waals surface area contributed by atoms with Crippen molar-refractivity contribution in [3.8, 4) is 0 Å². The Morgan fingerprint density at radius 1 is 1.20 bits per heavy atom. The molecule has 2 saturated carbocycles. The maximum Gasteiger partial charge on any atom is 0.308 e. The first kappa shape index (κ1) is 15.3. The lowest BCUT2D eigenvalue weighted by atomic mass is 9.84. The maximum atomic E-state index is 12.2. The zero-order valence-corrected chi connectivity index (χ0v) is 12.8. The van der Waals surface area contributed by atoms with E-state index >= 15 is 0 Å². The van der Waals surface area contributed by atoms with Crippen molar-refractivity contribution < 1.29 is 14.7 Å². The van der Waals surface area contributed by atoms with E-state index in [1.54, 1.807) is 0 Å². The summed E-state index contributed by atoms with van der Waals surface area (Å²) in [4.78, 5) is 23.4. The number of fused-ring (bicyclic) bond motifs is 1. The highest BCUT2D eigenvalue weighted by Gasteiger charge is 2.54. The third-order valence-electron chi connectivity index (χ3n) is 4.69. The summed E-state index contributed by atoms with van der Waals surface area (Å²) < 4.78 is 0. The van der Waals surface area contributed by atoms with Gasteiger partial charge in [-0.15, -0.1) is 0 Å². The Labute approximate surface area is 121 Å². The molecule has 2 aliphatic carbocycles. The summed E-state index contributed by atoms with van der Waals surface area (Å²) in [5.41, 5.74) is -0.0403. The average Bonchev–Trinajstić information content (AvgIpc) is 3.06. The molecule has 4 heteroatoms. The largest absolute Gasteiger partial charge is 0.481 e. The number of hydrogen-bond acceptors (Lipinski definition) is 2. The predicted octanol–water partition coefficient (Wildman–Crippen LogP) is 2.68. The molecule has 20 heavy (non-hydrogen) atoms. The minimum atomic E-state index is -0.812. The second-order valence-electron chi connectivity index (χ2n) is 7.68. The highest BCUT2D eigenvalue weighted by atomic mass is 16.4. The van der Waals surface area contributed by atoms with E-state index in [-0.39, 0.29) is 23.8 Å². The fourth-order valence-corrected chi connectivity index (χ4v) is 3.71. The van der Waals surface area contributed by atoms with E-state index in [4.69, 9.17) is 0 Å². The SMILES string of the molecule is CC(C)(C)CC(CNC(=O)C1C2CCCCC21)C(=O)O. The standard InChI is InChI=1S/C16H27NO3/c1-16(2,3)8-10(15(19)20)9-17-14(18)13-11-6-4-5-7-12(11)13/h10-13H,4-9H2,1-3H3,(H,17,18)(H,19,20). The van der Waals surface area contributed by atoms with Gasteiger partial charge in [0.15, 0.2) is 0 Å². The normalized spacial score (nSPS) is 30.2. The molecule has 0 radical (unpaired) electrons. The summed E-state index contributed by atoms with van der Waals surface area (Å²) in [6, 6.07) is 0. The second kappa shape index (κ2) is 5.74. The highest BCUT2D eigenvalue weighted by molar-refractivity contribution is 5.83. The molecule has 2 fully saturated rings. The molecular formula is C16H27NO3. The van der Waals surface area contributed by atoms with Gasteiger partial charge in [0.05, 0.1) is 5.92 Å². The van der Waals surface area contributed by atoms with Crippen molar-refractivity contribution in [3.05, 3.63) is 0 Å². The van der Waals surface area contributed by atoms with Gasteiger partial charge in [-0.25, -0.2) is 0 Å². The molecule has 1 amide bonds. The molecule has 2 aliphatic rings. The number of carbonyl (C=O) groups is 2. The summed E-state index contributed by atoms with van der Waals surface area (Å²) in [5.74, 6) is 0.112. The van der Waals surface area contributed by atoms with Crippen LogP contribution in [0.1, 0.15) is 52.9 Å². The third-order valence-corrected chi connectivity index (χ3v) is 4.69. The summed E-state index contributed by atoms with van der Waals surface area (Å²) in [6.45, 7) is 6.35. The van der Waals surface area contributed by atoms with Crippen molar-refractivity contribution in [1.82, 2.24) is 5.32 Å². The predicted molar refractivity (Wildman–Crippen MR) is 77.1 cm³/mol. The molecule has 0 aliphatic heterocycles. The van der Waals surface area contributed by atoms with Gasteiger partial charge in [-0.2, -0.15) is 0 Å². The van der Waals surface area contributed by atoms with Crippen LogP contribution in [0.4, 0.5) is 0 Å². The van der Waals surface area contributed by atoms with Gasteiger partial charge in [-0.05, 0) is 36.5 Å². The van der Waals surface area contributed by atoms with E-state index in [9.17, 15) is 14.7 Å². The fourth-order valence-electron chi connectivity index (χ4n) is 3.71. The molecule has 0 aromatic rings. The molecule has 2 N–H and O–H groups in total. The lowest BCUT2D eigenvalue weighted by Crippen LogP contribution is -2.36. The van der Waals surface area contributed by atoms with Gasteiger partial charge in [-0.1, -0.05) is 33.6 Å². The summed E-state index contributed by atoms with van der Waals surface area (Å²) in [5, 5.41) is 12.1. The monoisotopic (exact) mass is 281 g/mol. The van der Waals surface area contributed by atoms with Crippen LogP contribution in [-0.2, 0) is 9.59 Å². The van der Waals surface area contributed by atoms with E-state index in [1.165, 1.54) is 25.7 Å². The molecule has 0 aromatic heterocycles. The van der Waals surface area contributed by atoms with Gasteiger partial charge < -0.3 is 10.4 Å². The van der Waals surface area contributed by atoms with Gasteiger partial charge in [0.25, 0.3) is 0 Å². The van der Waals surface area contributed by atoms with Crippen LogP contribution in [0.5, 0.6) is 0 Å². The van der Waals surface area contributed by atoms with Crippen molar-refractivity contribution in [2.75, 3.05) is 6.54 Å². The Hall–Kier alpha value is -1.06. The minimum Gasteiger partial charge on any atom is -0.481 e. The summed E-state index contributed by atoms with van der Waals surface area (Å²) in [7, 11) is 0. The molecule has 2 rings (SSSR count). The molecule has 0 spiro atoms. The molecule has 3 atom stereocenters. The van der Waals surface area contributed by atoms with E-state index in [0.29, 0.717) is 18.3 Å². The molecule has 4 nitrogen and oxygen atoms in total. The zero-order chi connectivity index (χ0) is 14.9. The number of nitrogens with one attached hydrogen (secondary N) is 1. The minimum absolute atomic E-state index is 0.0403. The summed E-state index contributed by atoms with van der Waals surface area (Å²) in [6.07, 6.45) is 5.42. The first-order chi connectivity index (χ1) is 9.29. The Balaban J connectivity index is 1.81. The first-order valence-electron chi connectivity index (χ1n) is 7.80. The number of carboxylic acid groups (broad SMARTS) is 1. The molecular weight excluding hydrogens is 254 g/mol. The average molecular weight is 281 g/mol. The van der Waals surface area contributed by atoms with Crippen LogP contribution < -0.4 is 5.32 Å². The van der Waals surface area contributed by atoms with Crippen molar-refractivity contribution in [1.29, 1.82) is 0 Å². The van der Waals surface area contributed by atoms with Gasteiger partial charge in [0, 0.05) is 12.5 Å².